The summed E-state index contributed by atoms with van der Waals surface area (Å²) in [4.78, 5) is 21.9. The Morgan fingerprint density at radius 3 is 1.26 bits per heavy atom. The summed E-state index contributed by atoms with van der Waals surface area (Å²) >= 11 is 19.5. The van der Waals surface area contributed by atoms with Crippen LogP contribution in [-0.2, 0) is 4.87 Å². The van der Waals surface area contributed by atoms with E-state index in [1.165, 1.54) is 24.3 Å². The summed E-state index contributed by atoms with van der Waals surface area (Å²) in [6, 6.07) is 34.4. The number of anilines is 4. The van der Waals surface area contributed by atoms with Crippen LogP contribution in [0.5, 0.6) is 0 Å². The van der Waals surface area contributed by atoms with E-state index in [0.717, 1.165) is 28.1 Å². The van der Waals surface area contributed by atoms with Gasteiger partial charge in [-0.15, -0.1) is 11.6 Å². The molecule has 42 heavy (non-hydrogen) atoms. The minimum atomic E-state index is -1.10. The number of carboxylic acid groups (broad SMARTS) is 2. The lowest BCUT2D eigenvalue weighted by Crippen LogP contribution is -2.22. The number of carbonyl (C=O) groups is 2. The summed E-state index contributed by atoms with van der Waals surface area (Å²) in [6.07, 6.45) is 0. The number of carboxylic acids is 2. The van der Waals surface area contributed by atoms with Crippen LogP contribution in [0.4, 0.5) is 22.7 Å². The van der Waals surface area contributed by atoms with E-state index in [2.05, 4.69) is 10.6 Å². The predicted octanol–water partition coefficient (Wildman–Crippen LogP) is 9.41. The van der Waals surface area contributed by atoms with E-state index in [9.17, 15) is 19.8 Å². The smallest absolute Gasteiger partial charge is 0.337 e. The highest BCUT2D eigenvalue weighted by Gasteiger charge is 2.34. The van der Waals surface area contributed by atoms with Crippen LogP contribution in [-0.4, -0.2) is 22.2 Å². The van der Waals surface area contributed by atoms with Crippen LogP contribution < -0.4 is 10.6 Å². The fraction of sp³-hybridized carbons (Fsp3) is 0.0303. The van der Waals surface area contributed by atoms with Gasteiger partial charge in [0.25, 0.3) is 0 Å². The van der Waals surface area contributed by atoms with Gasteiger partial charge in [-0.2, -0.15) is 0 Å². The van der Waals surface area contributed by atoms with Gasteiger partial charge in [-0.25, -0.2) is 9.59 Å². The van der Waals surface area contributed by atoms with Crippen molar-refractivity contribution in [2.24, 2.45) is 0 Å². The second-order valence-electron chi connectivity index (χ2n) is 9.43. The molecule has 0 spiro atoms. The molecule has 210 valence electrons. The number of hydrogen-bond acceptors (Lipinski definition) is 4. The zero-order chi connectivity index (χ0) is 29.9. The van der Waals surface area contributed by atoms with Gasteiger partial charge >= 0.3 is 11.9 Å². The lowest BCUT2D eigenvalue weighted by Gasteiger charge is -2.29. The molecule has 0 heterocycles. The van der Waals surface area contributed by atoms with E-state index in [1.54, 1.807) is 12.1 Å². The van der Waals surface area contributed by atoms with Crippen molar-refractivity contribution >= 4 is 69.5 Å². The van der Waals surface area contributed by atoms with Crippen LogP contribution in [0.3, 0.4) is 0 Å². The average molecular weight is 618 g/mol. The first-order valence-electron chi connectivity index (χ1n) is 12.7. The molecular formula is C33H23Cl3N2O4. The molecule has 0 unspecified atom stereocenters. The molecule has 4 N–H and O–H groups in total. The molecule has 0 atom stereocenters. The Labute approximate surface area is 257 Å². The number of halogens is 3. The molecule has 0 aliphatic rings. The quantitative estimate of drug-likeness (QED) is 0.0971. The maximum absolute atomic E-state index is 11.5. The fourth-order valence-electron chi connectivity index (χ4n) is 4.60. The van der Waals surface area contributed by atoms with Gasteiger partial charge in [-0.3, -0.25) is 0 Å². The maximum Gasteiger partial charge on any atom is 0.337 e. The number of nitrogens with one attached hydrogen (secondary N) is 2. The summed E-state index contributed by atoms with van der Waals surface area (Å²) < 4.78 is 0. The van der Waals surface area contributed by atoms with Crippen LogP contribution in [0.1, 0.15) is 37.4 Å². The van der Waals surface area contributed by atoms with Gasteiger partial charge in [0.2, 0.25) is 0 Å². The third kappa shape index (κ3) is 6.06. The summed E-state index contributed by atoms with van der Waals surface area (Å²) in [7, 11) is 0. The molecule has 6 nitrogen and oxygen atoms in total. The minimum absolute atomic E-state index is 0.0125. The van der Waals surface area contributed by atoms with E-state index in [-0.39, 0.29) is 21.2 Å². The number of aromatic carboxylic acids is 2. The molecule has 5 aromatic carbocycles. The Balaban J connectivity index is 1.44. The largest absolute Gasteiger partial charge is 0.478 e. The Morgan fingerprint density at radius 2 is 0.881 bits per heavy atom. The monoisotopic (exact) mass is 616 g/mol. The number of alkyl halides is 1. The first kappa shape index (κ1) is 29.0. The lowest BCUT2D eigenvalue weighted by molar-refractivity contribution is 0.0686. The van der Waals surface area contributed by atoms with Crippen molar-refractivity contribution < 1.29 is 19.8 Å². The van der Waals surface area contributed by atoms with Gasteiger partial charge in [0.1, 0.15) is 4.87 Å². The van der Waals surface area contributed by atoms with Gasteiger partial charge in [-0.05, 0) is 77.4 Å². The highest BCUT2D eigenvalue weighted by molar-refractivity contribution is 6.34. The fourth-order valence-corrected chi connectivity index (χ4v) is 5.38. The topological polar surface area (TPSA) is 98.7 Å². The first-order chi connectivity index (χ1) is 20.1. The van der Waals surface area contributed by atoms with Gasteiger partial charge in [0, 0.05) is 22.7 Å². The van der Waals surface area contributed by atoms with Crippen molar-refractivity contribution in [2.45, 2.75) is 4.87 Å². The third-order valence-electron chi connectivity index (χ3n) is 6.71. The van der Waals surface area contributed by atoms with Crippen molar-refractivity contribution in [1.29, 1.82) is 0 Å². The molecule has 0 saturated carbocycles. The molecule has 9 heteroatoms. The van der Waals surface area contributed by atoms with E-state index >= 15 is 0 Å². The molecule has 5 rings (SSSR count). The van der Waals surface area contributed by atoms with Gasteiger partial charge in [0.05, 0.1) is 21.2 Å². The summed E-state index contributed by atoms with van der Waals surface area (Å²) in [6.45, 7) is 0. The molecule has 0 amide bonds. The van der Waals surface area contributed by atoms with Crippen LogP contribution >= 0.6 is 34.8 Å². The minimum Gasteiger partial charge on any atom is -0.478 e. The third-order valence-corrected chi connectivity index (χ3v) is 8.02. The molecule has 0 fully saturated rings. The molecular weight excluding hydrogens is 595 g/mol. The molecule has 5 aromatic rings. The van der Waals surface area contributed by atoms with Crippen LogP contribution in [0.15, 0.2) is 115 Å². The maximum atomic E-state index is 11.5. The second kappa shape index (κ2) is 12.2. The standard InChI is InChI=1S/C33H23Cl3N2O4/c34-29-16-14-25(18-27(29)31(39)40)37-23-10-6-21(7-11-23)33(36,20-4-2-1-3-5-20)22-8-12-24(13-9-22)38-26-15-17-30(35)28(19-26)32(41)42/h1-19,37-38H,(H,39,40)(H,41,42). The highest BCUT2D eigenvalue weighted by Crippen LogP contribution is 2.44. The van der Waals surface area contributed by atoms with Crippen LogP contribution in [0.25, 0.3) is 0 Å². The second-order valence-corrected chi connectivity index (χ2v) is 10.8. The van der Waals surface area contributed by atoms with Crippen LogP contribution in [0, 0.1) is 0 Å². The number of benzene rings is 5. The number of hydrogen-bond donors (Lipinski definition) is 4. The van der Waals surface area contributed by atoms with E-state index < -0.39 is 16.8 Å². The Bertz CT molecular complexity index is 1650. The van der Waals surface area contributed by atoms with E-state index in [1.807, 2.05) is 78.9 Å². The average Bonchev–Trinajstić information content (AvgIpc) is 2.99. The Morgan fingerprint density at radius 1 is 0.524 bits per heavy atom. The summed E-state index contributed by atoms with van der Waals surface area (Å²) in [5.74, 6) is -2.21. The zero-order valence-corrected chi connectivity index (χ0v) is 24.1. The van der Waals surface area contributed by atoms with Crippen molar-refractivity contribution in [2.75, 3.05) is 10.6 Å². The molecule has 0 radical (unpaired) electrons. The summed E-state index contributed by atoms with van der Waals surface area (Å²) in [5.41, 5.74) is 5.21. The normalized spacial score (nSPS) is 11.1. The van der Waals surface area contributed by atoms with E-state index in [0.29, 0.717) is 11.4 Å². The molecule has 0 aliphatic heterocycles. The molecule has 0 bridgehead atoms. The van der Waals surface area contributed by atoms with Crippen molar-refractivity contribution in [3.8, 4) is 0 Å². The Hall–Kier alpha value is -4.49. The van der Waals surface area contributed by atoms with Gasteiger partial charge in [-0.1, -0.05) is 77.8 Å². The lowest BCUT2D eigenvalue weighted by atomic mass is 9.84. The molecule has 0 aromatic heterocycles. The van der Waals surface area contributed by atoms with Gasteiger partial charge < -0.3 is 20.8 Å². The van der Waals surface area contributed by atoms with Crippen molar-refractivity contribution in [1.82, 2.24) is 0 Å². The predicted molar refractivity (Wildman–Crippen MR) is 168 cm³/mol. The first-order valence-corrected chi connectivity index (χ1v) is 13.8. The van der Waals surface area contributed by atoms with Crippen molar-refractivity contribution in [3.63, 3.8) is 0 Å². The zero-order valence-electron chi connectivity index (χ0n) is 21.8. The number of rotatable bonds is 9. The van der Waals surface area contributed by atoms with Gasteiger partial charge in [0.15, 0.2) is 0 Å². The van der Waals surface area contributed by atoms with E-state index in [4.69, 9.17) is 34.8 Å². The SMILES string of the molecule is O=C(O)c1cc(Nc2ccc(C(Cl)(c3ccccc3)c3ccc(Nc4ccc(Cl)c(C(=O)O)c4)cc3)cc2)ccc1Cl. The molecule has 0 saturated heterocycles. The highest BCUT2D eigenvalue weighted by atomic mass is 35.5. The van der Waals surface area contributed by atoms with Crippen molar-refractivity contribution in [3.05, 3.63) is 153 Å². The Kier molecular flexibility index (Phi) is 8.41. The molecule has 0 aliphatic carbocycles. The van der Waals surface area contributed by atoms with Crippen LogP contribution in [0.2, 0.25) is 10.0 Å². The summed E-state index contributed by atoms with van der Waals surface area (Å²) in [5, 5.41) is 25.5.